The number of hydrogen-bond acceptors (Lipinski definition) is 6. The van der Waals surface area contributed by atoms with Crippen LogP contribution in [-0.4, -0.2) is 60.0 Å². The number of thiazole rings is 1. The molecule has 2 aliphatic rings. The Labute approximate surface area is 171 Å². The van der Waals surface area contributed by atoms with Gasteiger partial charge in [-0.25, -0.2) is 9.97 Å². The highest BCUT2D eigenvalue weighted by Crippen LogP contribution is 2.30. The van der Waals surface area contributed by atoms with Crippen molar-refractivity contribution in [3.63, 3.8) is 0 Å². The zero-order valence-electron chi connectivity index (χ0n) is 16.6. The van der Waals surface area contributed by atoms with Crippen LogP contribution in [0.2, 0.25) is 0 Å². The van der Waals surface area contributed by atoms with Gasteiger partial charge in [0.2, 0.25) is 5.91 Å². The van der Waals surface area contributed by atoms with Crippen LogP contribution in [0.4, 0.5) is 5.13 Å². The number of aromatic nitrogens is 2. The molecule has 152 valence electrons. The average Bonchev–Trinajstić information content (AvgIpc) is 3.00. The Morgan fingerprint density at radius 2 is 2.04 bits per heavy atom. The SMILES string of the molecule is O=C(NCCCN1CCCCCC1)[C@@H]1CCCN(c2nc3cccnc3s2)C1. The second kappa shape index (κ2) is 9.65. The number of rotatable bonds is 6. The van der Waals surface area contributed by atoms with Crippen molar-refractivity contribution >= 4 is 32.7 Å². The minimum absolute atomic E-state index is 0.0620. The molecule has 6 nitrogen and oxygen atoms in total. The van der Waals surface area contributed by atoms with Crippen molar-refractivity contribution < 1.29 is 4.79 Å². The van der Waals surface area contributed by atoms with E-state index in [0.29, 0.717) is 0 Å². The summed E-state index contributed by atoms with van der Waals surface area (Å²) in [6, 6.07) is 3.92. The van der Waals surface area contributed by atoms with Crippen molar-refractivity contribution in [1.29, 1.82) is 0 Å². The summed E-state index contributed by atoms with van der Waals surface area (Å²) in [5, 5.41) is 4.18. The van der Waals surface area contributed by atoms with Crippen molar-refractivity contribution in [3.8, 4) is 0 Å². The van der Waals surface area contributed by atoms with Crippen molar-refractivity contribution in [2.75, 3.05) is 44.2 Å². The van der Waals surface area contributed by atoms with E-state index in [9.17, 15) is 4.79 Å². The lowest BCUT2D eigenvalue weighted by Crippen LogP contribution is -2.43. The summed E-state index contributed by atoms with van der Waals surface area (Å²) >= 11 is 1.62. The maximum absolute atomic E-state index is 12.7. The molecule has 1 N–H and O–H groups in total. The van der Waals surface area contributed by atoms with Crippen molar-refractivity contribution in [3.05, 3.63) is 18.3 Å². The third-order valence-electron chi connectivity index (χ3n) is 5.87. The van der Waals surface area contributed by atoms with Gasteiger partial charge in [0.25, 0.3) is 0 Å². The van der Waals surface area contributed by atoms with E-state index in [0.717, 1.165) is 60.9 Å². The van der Waals surface area contributed by atoms with E-state index in [1.54, 1.807) is 11.3 Å². The summed E-state index contributed by atoms with van der Waals surface area (Å²) in [5.41, 5.74) is 0.947. The molecule has 28 heavy (non-hydrogen) atoms. The first-order chi connectivity index (χ1) is 13.8. The van der Waals surface area contributed by atoms with Gasteiger partial charge in [-0.1, -0.05) is 24.2 Å². The van der Waals surface area contributed by atoms with Gasteiger partial charge >= 0.3 is 0 Å². The molecule has 1 amide bonds. The molecule has 4 rings (SSSR count). The summed E-state index contributed by atoms with van der Waals surface area (Å²) in [4.78, 5) is 27.6. The molecule has 0 unspecified atom stereocenters. The van der Waals surface area contributed by atoms with Gasteiger partial charge in [-0.05, 0) is 63.9 Å². The van der Waals surface area contributed by atoms with Gasteiger partial charge in [0.15, 0.2) is 5.13 Å². The van der Waals surface area contributed by atoms with Crippen LogP contribution in [0.3, 0.4) is 0 Å². The third kappa shape index (κ3) is 5.00. The average molecular weight is 402 g/mol. The molecule has 2 aliphatic heterocycles. The molecule has 2 aromatic rings. The first-order valence-electron chi connectivity index (χ1n) is 10.8. The predicted molar refractivity (Wildman–Crippen MR) is 115 cm³/mol. The van der Waals surface area contributed by atoms with Gasteiger partial charge < -0.3 is 15.1 Å². The standard InChI is InChI=1S/C21H31N5OS/c27-19(22-11-7-14-25-12-3-1-2-4-13-25)17-8-6-15-26(16-17)21-24-18-9-5-10-23-20(18)28-21/h5,9-10,17H,1-4,6-8,11-16H2,(H,22,27)/t17-/m1/s1. The predicted octanol–water partition coefficient (Wildman–Crippen LogP) is 3.29. The van der Waals surface area contributed by atoms with E-state index in [4.69, 9.17) is 4.98 Å². The molecule has 0 aliphatic carbocycles. The Morgan fingerprint density at radius 1 is 1.18 bits per heavy atom. The molecular weight excluding hydrogens is 370 g/mol. The molecule has 0 bridgehead atoms. The number of amides is 1. The first-order valence-corrected chi connectivity index (χ1v) is 11.6. The van der Waals surface area contributed by atoms with Crippen LogP contribution < -0.4 is 10.2 Å². The molecule has 1 atom stereocenters. The minimum atomic E-state index is 0.0620. The Balaban J connectivity index is 1.24. The van der Waals surface area contributed by atoms with E-state index in [1.807, 2.05) is 18.3 Å². The first kappa shape index (κ1) is 19.6. The Bertz CT molecular complexity index is 738. The number of fused-ring (bicyclic) bond motifs is 1. The lowest BCUT2D eigenvalue weighted by Gasteiger charge is -2.31. The second-order valence-corrected chi connectivity index (χ2v) is 8.97. The van der Waals surface area contributed by atoms with Crippen LogP contribution in [0, 0.1) is 5.92 Å². The molecule has 2 aromatic heterocycles. The Morgan fingerprint density at radius 3 is 2.86 bits per heavy atom. The lowest BCUT2D eigenvalue weighted by molar-refractivity contribution is -0.125. The summed E-state index contributed by atoms with van der Waals surface area (Å²) in [6.07, 6.45) is 10.3. The largest absolute Gasteiger partial charge is 0.356 e. The van der Waals surface area contributed by atoms with Gasteiger partial charge in [-0.15, -0.1) is 0 Å². The fourth-order valence-corrected chi connectivity index (χ4v) is 5.22. The van der Waals surface area contributed by atoms with E-state index in [-0.39, 0.29) is 11.8 Å². The third-order valence-corrected chi connectivity index (χ3v) is 6.91. The highest BCUT2D eigenvalue weighted by Gasteiger charge is 2.27. The highest BCUT2D eigenvalue weighted by atomic mass is 32.1. The highest BCUT2D eigenvalue weighted by molar-refractivity contribution is 7.21. The maximum atomic E-state index is 12.7. The smallest absolute Gasteiger partial charge is 0.224 e. The van der Waals surface area contributed by atoms with E-state index < -0.39 is 0 Å². The fourth-order valence-electron chi connectivity index (χ4n) is 4.28. The number of nitrogens with zero attached hydrogens (tertiary/aromatic N) is 4. The zero-order chi connectivity index (χ0) is 19.2. The van der Waals surface area contributed by atoms with Crippen molar-refractivity contribution in [2.45, 2.75) is 44.9 Å². The number of piperidine rings is 1. The van der Waals surface area contributed by atoms with E-state index >= 15 is 0 Å². The van der Waals surface area contributed by atoms with Gasteiger partial charge in [-0.2, -0.15) is 0 Å². The molecule has 0 spiro atoms. The summed E-state index contributed by atoms with van der Waals surface area (Å²) in [5.74, 6) is 0.270. The number of pyridine rings is 1. The normalized spacial score (nSPS) is 21.6. The van der Waals surface area contributed by atoms with E-state index in [2.05, 4.69) is 20.1 Å². The number of carbonyl (C=O) groups is 1. The zero-order valence-corrected chi connectivity index (χ0v) is 17.4. The lowest BCUT2D eigenvalue weighted by atomic mass is 9.97. The van der Waals surface area contributed by atoms with Crippen molar-refractivity contribution in [2.24, 2.45) is 5.92 Å². The molecule has 0 saturated carbocycles. The molecular formula is C21H31N5OS. The monoisotopic (exact) mass is 401 g/mol. The molecule has 2 fully saturated rings. The summed E-state index contributed by atoms with van der Waals surface area (Å²) < 4.78 is 0. The van der Waals surface area contributed by atoms with Crippen LogP contribution in [-0.2, 0) is 4.79 Å². The molecule has 0 radical (unpaired) electrons. The van der Waals surface area contributed by atoms with Crippen LogP contribution in [0.1, 0.15) is 44.9 Å². The summed E-state index contributed by atoms with van der Waals surface area (Å²) in [6.45, 7) is 6.08. The fraction of sp³-hybridized carbons (Fsp3) is 0.667. The number of nitrogens with one attached hydrogen (secondary N) is 1. The van der Waals surface area contributed by atoms with Gasteiger partial charge in [0.05, 0.1) is 5.92 Å². The Kier molecular flexibility index (Phi) is 6.75. The number of carbonyl (C=O) groups excluding carboxylic acids is 1. The quantitative estimate of drug-likeness (QED) is 0.753. The molecule has 4 heterocycles. The van der Waals surface area contributed by atoms with Crippen LogP contribution >= 0.6 is 11.3 Å². The topological polar surface area (TPSA) is 61.4 Å². The Hall–Kier alpha value is -1.73. The van der Waals surface area contributed by atoms with Crippen LogP contribution in [0.5, 0.6) is 0 Å². The van der Waals surface area contributed by atoms with Crippen molar-refractivity contribution in [1.82, 2.24) is 20.2 Å². The number of likely N-dealkylation sites (tertiary alicyclic amines) is 1. The number of anilines is 1. The van der Waals surface area contributed by atoms with Gasteiger partial charge in [0, 0.05) is 25.8 Å². The minimum Gasteiger partial charge on any atom is -0.356 e. The summed E-state index contributed by atoms with van der Waals surface area (Å²) in [7, 11) is 0. The van der Waals surface area contributed by atoms with Crippen LogP contribution in [0.15, 0.2) is 18.3 Å². The second-order valence-electron chi connectivity index (χ2n) is 8.01. The van der Waals surface area contributed by atoms with Crippen LogP contribution in [0.25, 0.3) is 10.3 Å². The molecule has 2 saturated heterocycles. The molecule has 0 aromatic carbocycles. The van der Waals surface area contributed by atoms with E-state index in [1.165, 1.54) is 38.8 Å². The molecule has 7 heteroatoms. The maximum Gasteiger partial charge on any atom is 0.224 e. The number of hydrogen-bond donors (Lipinski definition) is 1. The van der Waals surface area contributed by atoms with Gasteiger partial charge in [0.1, 0.15) is 10.3 Å². The van der Waals surface area contributed by atoms with Gasteiger partial charge in [-0.3, -0.25) is 4.79 Å².